The summed E-state index contributed by atoms with van der Waals surface area (Å²) in [4.78, 5) is 6.76. The predicted octanol–water partition coefficient (Wildman–Crippen LogP) is 2.12. The Morgan fingerprint density at radius 2 is 2.20 bits per heavy atom. The first-order valence-corrected chi connectivity index (χ1v) is 5.77. The van der Waals surface area contributed by atoms with Crippen molar-refractivity contribution >= 4 is 16.9 Å². The Labute approximate surface area is 92.9 Å². The van der Waals surface area contributed by atoms with Gasteiger partial charge in [0, 0.05) is 6.20 Å². The number of thioether (sulfide) groups is 1. The highest BCUT2D eigenvalue weighted by Gasteiger charge is 2.22. The third-order valence-electron chi connectivity index (χ3n) is 2.47. The van der Waals surface area contributed by atoms with E-state index < -0.39 is 0 Å². The van der Waals surface area contributed by atoms with Crippen molar-refractivity contribution in [2.45, 2.75) is 6.17 Å². The summed E-state index contributed by atoms with van der Waals surface area (Å²) in [6, 6.07) is 10.3. The summed E-state index contributed by atoms with van der Waals surface area (Å²) >= 11 is 1.68. The van der Waals surface area contributed by atoms with E-state index in [1.807, 2.05) is 18.2 Å². The zero-order valence-corrected chi connectivity index (χ0v) is 8.95. The van der Waals surface area contributed by atoms with E-state index in [9.17, 15) is 0 Å². The first kappa shape index (κ1) is 9.00. The molecule has 0 spiro atoms. The van der Waals surface area contributed by atoms with E-state index in [0.717, 1.165) is 11.8 Å². The Hall–Kier alpha value is -1.26. The fraction of sp³-hybridized carbons (Fsp3) is 0.182. The summed E-state index contributed by atoms with van der Waals surface area (Å²) < 4.78 is 0. The standard InChI is InChI=1S/C11H11N3S/c1-2-4-9(5-3-1)10-12-8-14-6-7-15-11(14)13-10/h1-7,10,12H,8H2. The quantitative estimate of drug-likeness (QED) is 0.781. The summed E-state index contributed by atoms with van der Waals surface area (Å²) in [5.74, 6) is 0. The van der Waals surface area contributed by atoms with Gasteiger partial charge < -0.3 is 4.90 Å². The Balaban J connectivity index is 1.88. The second-order valence-corrected chi connectivity index (χ2v) is 4.33. The summed E-state index contributed by atoms with van der Waals surface area (Å²) in [5.41, 5.74) is 1.22. The van der Waals surface area contributed by atoms with E-state index in [1.54, 1.807) is 11.8 Å². The minimum absolute atomic E-state index is 0.102. The number of benzene rings is 1. The van der Waals surface area contributed by atoms with Gasteiger partial charge in [0.15, 0.2) is 5.17 Å². The first-order chi connectivity index (χ1) is 7.43. The number of rotatable bonds is 1. The lowest BCUT2D eigenvalue weighted by atomic mass is 10.2. The molecule has 0 saturated heterocycles. The van der Waals surface area contributed by atoms with Crippen molar-refractivity contribution in [2.75, 3.05) is 6.67 Å². The number of fused-ring (bicyclic) bond motifs is 1. The Morgan fingerprint density at radius 1 is 1.33 bits per heavy atom. The summed E-state index contributed by atoms with van der Waals surface area (Å²) in [6.07, 6.45) is 2.16. The Morgan fingerprint density at radius 3 is 3.07 bits per heavy atom. The molecule has 2 aliphatic rings. The maximum atomic E-state index is 4.65. The van der Waals surface area contributed by atoms with Crippen LogP contribution in [0.15, 0.2) is 46.9 Å². The molecule has 0 bridgehead atoms. The second-order valence-electron chi connectivity index (χ2n) is 3.46. The summed E-state index contributed by atoms with van der Waals surface area (Å²) in [6.45, 7) is 0.835. The van der Waals surface area contributed by atoms with E-state index in [2.05, 4.69) is 38.9 Å². The molecule has 2 aliphatic heterocycles. The van der Waals surface area contributed by atoms with Gasteiger partial charge in [-0.25, -0.2) is 4.99 Å². The molecule has 0 saturated carbocycles. The molecule has 0 radical (unpaired) electrons. The number of nitrogens with one attached hydrogen (secondary N) is 1. The molecule has 0 amide bonds. The minimum Gasteiger partial charge on any atom is -0.314 e. The van der Waals surface area contributed by atoms with Gasteiger partial charge >= 0.3 is 0 Å². The molecule has 1 aromatic carbocycles. The van der Waals surface area contributed by atoms with Crippen LogP contribution in [0.3, 0.4) is 0 Å². The minimum atomic E-state index is 0.102. The number of aliphatic imine (C=N–C) groups is 1. The number of hydrogen-bond acceptors (Lipinski definition) is 4. The molecule has 76 valence electrons. The van der Waals surface area contributed by atoms with E-state index >= 15 is 0 Å². The van der Waals surface area contributed by atoms with Crippen LogP contribution >= 0.6 is 11.8 Å². The van der Waals surface area contributed by atoms with Crippen molar-refractivity contribution in [3.63, 3.8) is 0 Å². The molecule has 1 unspecified atom stereocenters. The largest absolute Gasteiger partial charge is 0.314 e. The SMILES string of the molecule is C1=CN2CNC(c3ccccc3)N=C2S1. The molecule has 1 atom stereocenters. The van der Waals surface area contributed by atoms with Gasteiger partial charge in [0.25, 0.3) is 0 Å². The van der Waals surface area contributed by atoms with Crippen LogP contribution in [-0.4, -0.2) is 16.7 Å². The fourth-order valence-corrected chi connectivity index (χ4v) is 2.45. The van der Waals surface area contributed by atoms with E-state index in [1.165, 1.54) is 5.56 Å². The normalized spacial score (nSPS) is 23.9. The Kier molecular flexibility index (Phi) is 2.23. The fourth-order valence-electron chi connectivity index (χ4n) is 1.69. The molecule has 0 aromatic heterocycles. The topological polar surface area (TPSA) is 27.6 Å². The van der Waals surface area contributed by atoms with Gasteiger partial charge in [0.2, 0.25) is 0 Å². The van der Waals surface area contributed by atoms with E-state index in [-0.39, 0.29) is 6.17 Å². The lowest BCUT2D eigenvalue weighted by molar-refractivity contribution is 0.405. The van der Waals surface area contributed by atoms with Gasteiger partial charge in [-0.15, -0.1) is 0 Å². The molecule has 3 nitrogen and oxygen atoms in total. The molecule has 4 heteroatoms. The molecule has 1 aromatic rings. The molecule has 0 fully saturated rings. The van der Waals surface area contributed by atoms with Crippen molar-refractivity contribution in [2.24, 2.45) is 4.99 Å². The van der Waals surface area contributed by atoms with E-state index in [0.29, 0.717) is 0 Å². The highest BCUT2D eigenvalue weighted by molar-refractivity contribution is 8.16. The van der Waals surface area contributed by atoms with Crippen LogP contribution in [-0.2, 0) is 0 Å². The van der Waals surface area contributed by atoms with Crippen LogP contribution in [0.2, 0.25) is 0 Å². The maximum absolute atomic E-state index is 4.65. The monoisotopic (exact) mass is 217 g/mol. The lowest BCUT2D eigenvalue weighted by Crippen LogP contribution is -2.39. The van der Waals surface area contributed by atoms with Gasteiger partial charge in [-0.1, -0.05) is 42.1 Å². The molecular formula is C11H11N3S. The van der Waals surface area contributed by atoms with Gasteiger partial charge in [-0.05, 0) is 11.0 Å². The van der Waals surface area contributed by atoms with Crippen LogP contribution in [0, 0.1) is 0 Å². The number of nitrogens with zero attached hydrogens (tertiary/aromatic N) is 2. The van der Waals surface area contributed by atoms with Crippen LogP contribution < -0.4 is 5.32 Å². The highest BCUT2D eigenvalue weighted by Crippen LogP contribution is 2.26. The molecule has 0 aliphatic carbocycles. The molecule has 2 heterocycles. The number of amidine groups is 1. The van der Waals surface area contributed by atoms with Crippen LogP contribution in [0.1, 0.15) is 11.7 Å². The first-order valence-electron chi connectivity index (χ1n) is 4.89. The Bertz CT molecular complexity index is 413. The maximum Gasteiger partial charge on any atom is 0.170 e. The zero-order chi connectivity index (χ0) is 10.1. The van der Waals surface area contributed by atoms with Gasteiger partial charge in [0.05, 0.1) is 6.67 Å². The van der Waals surface area contributed by atoms with Crippen LogP contribution in [0.25, 0.3) is 0 Å². The average molecular weight is 217 g/mol. The third-order valence-corrected chi connectivity index (χ3v) is 3.28. The van der Waals surface area contributed by atoms with Gasteiger partial charge in [0.1, 0.15) is 6.17 Å². The smallest absolute Gasteiger partial charge is 0.170 e. The third kappa shape index (κ3) is 1.66. The average Bonchev–Trinajstić information content (AvgIpc) is 2.77. The van der Waals surface area contributed by atoms with Crippen molar-refractivity contribution in [1.29, 1.82) is 0 Å². The molecule has 1 N–H and O–H groups in total. The second kappa shape index (κ2) is 3.72. The predicted molar refractivity (Wildman–Crippen MR) is 63.2 cm³/mol. The molecular weight excluding hydrogens is 206 g/mol. The summed E-state index contributed by atoms with van der Waals surface area (Å²) in [5, 5.41) is 6.53. The van der Waals surface area contributed by atoms with Gasteiger partial charge in [-0.2, -0.15) is 0 Å². The van der Waals surface area contributed by atoms with Gasteiger partial charge in [-0.3, -0.25) is 5.32 Å². The van der Waals surface area contributed by atoms with Crippen molar-refractivity contribution in [3.05, 3.63) is 47.5 Å². The lowest BCUT2D eigenvalue weighted by Gasteiger charge is -2.27. The van der Waals surface area contributed by atoms with E-state index in [4.69, 9.17) is 0 Å². The van der Waals surface area contributed by atoms with Crippen molar-refractivity contribution in [3.8, 4) is 0 Å². The summed E-state index contributed by atoms with van der Waals surface area (Å²) in [7, 11) is 0. The highest BCUT2D eigenvalue weighted by atomic mass is 32.2. The zero-order valence-electron chi connectivity index (χ0n) is 8.13. The van der Waals surface area contributed by atoms with Crippen molar-refractivity contribution in [1.82, 2.24) is 10.2 Å². The van der Waals surface area contributed by atoms with Crippen LogP contribution in [0.5, 0.6) is 0 Å². The molecule has 3 rings (SSSR count). The number of hydrogen-bond donors (Lipinski definition) is 1. The van der Waals surface area contributed by atoms with Crippen LogP contribution in [0.4, 0.5) is 0 Å². The molecule has 15 heavy (non-hydrogen) atoms. The van der Waals surface area contributed by atoms with Crippen molar-refractivity contribution < 1.29 is 0 Å².